The number of halogens is 1. The summed E-state index contributed by atoms with van der Waals surface area (Å²) in [5.74, 6) is 3.23. The lowest BCUT2D eigenvalue weighted by Gasteiger charge is -2.40. The summed E-state index contributed by atoms with van der Waals surface area (Å²) in [4.78, 5) is 6.66. The van der Waals surface area contributed by atoms with Crippen molar-refractivity contribution in [2.75, 3.05) is 7.05 Å². The molecule has 0 aromatic heterocycles. The van der Waals surface area contributed by atoms with E-state index in [9.17, 15) is 4.39 Å². The van der Waals surface area contributed by atoms with E-state index in [-0.39, 0.29) is 12.4 Å². The molecule has 5 nitrogen and oxygen atoms in total. The highest BCUT2D eigenvalue weighted by molar-refractivity contribution is 6.09. The molecule has 176 valence electrons. The van der Waals surface area contributed by atoms with Gasteiger partial charge in [-0.1, -0.05) is 31.7 Å². The van der Waals surface area contributed by atoms with Gasteiger partial charge in [-0.05, 0) is 61.8 Å². The molecule has 1 heterocycles. The summed E-state index contributed by atoms with van der Waals surface area (Å²) in [5.41, 5.74) is 12.1. The molecule has 0 fully saturated rings. The Balaban J connectivity index is 1.70. The van der Waals surface area contributed by atoms with Crippen LogP contribution in [0.3, 0.4) is 0 Å². The van der Waals surface area contributed by atoms with Gasteiger partial charge in [0.25, 0.3) is 0 Å². The molecule has 0 spiro atoms. The van der Waals surface area contributed by atoms with Gasteiger partial charge < -0.3 is 21.3 Å². The van der Waals surface area contributed by atoms with Crippen molar-refractivity contribution in [2.24, 2.45) is 16.1 Å². The molecule has 1 aromatic carbocycles. The molecule has 4 N–H and O–H groups in total. The van der Waals surface area contributed by atoms with E-state index in [0.29, 0.717) is 34.8 Å². The topological polar surface area (TPSA) is 65.7 Å². The van der Waals surface area contributed by atoms with Crippen molar-refractivity contribution in [2.45, 2.75) is 33.9 Å². The number of nitrogens with one attached hydrogen (secondary N) is 2. The lowest BCUT2D eigenvalue weighted by molar-refractivity contribution is 0.505. The summed E-state index contributed by atoms with van der Waals surface area (Å²) in [5, 5.41) is 6.50. The van der Waals surface area contributed by atoms with Gasteiger partial charge in [-0.3, -0.25) is 0 Å². The summed E-state index contributed by atoms with van der Waals surface area (Å²) < 4.78 is 14.5. The first-order valence-electron chi connectivity index (χ1n) is 11.0. The van der Waals surface area contributed by atoms with Crippen LogP contribution in [-0.4, -0.2) is 17.7 Å². The van der Waals surface area contributed by atoms with Gasteiger partial charge >= 0.3 is 0 Å². The number of nitrogens with zero attached hydrogens (tertiary/aromatic N) is 2. The number of allylic oxidation sites excluding steroid dienone is 5. The van der Waals surface area contributed by atoms with Crippen molar-refractivity contribution < 1.29 is 4.39 Å². The van der Waals surface area contributed by atoms with E-state index in [1.165, 1.54) is 6.07 Å². The van der Waals surface area contributed by atoms with Crippen molar-refractivity contribution >= 4 is 5.71 Å². The molecule has 1 unspecified atom stereocenters. The lowest BCUT2D eigenvalue weighted by Crippen LogP contribution is -2.42. The second kappa shape index (κ2) is 9.48. The summed E-state index contributed by atoms with van der Waals surface area (Å²) >= 11 is 0. The Kier molecular flexibility index (Phi) is 6.88. The van der Waals surface area contributed by atoms with Gasteiger partial charge in [0.05, 0.1) is 28.2 Å². The van der Waals surface area contributed by atoms with Crippen molar-refractivity contribution in [1.29, 1.82) is 0 Å². The Morgan fingerprint density at radius 3 is 2.68 bits per heavy atom. The maximum Gasteiger partial charge on any atom is 0.129 e. The molecule has 34 heavy (non-hydrogen) atoms. The standard InChI is InChI=1S/C28H32FN5/c1-9-25-33-23(14-24(17(3)4)34(25)8)19(6)31-15-20-11-12-22(29)21(13-20)16-32-27-26(30)18(5)28(27,7)10-2/h2,9,11-14,31-32H,3,5-6,15-16,30H2,1,4,7-8H3/b25-9-. The van der Waals surface area contributed by atoms with Crippen molar-refractivity contribution in [3.8, 4) is 12.3 Å². The van der Waals surface area contributed by atoms with Crippen LogP contribution in [-0.2, 0) is 13.1 Å². The molecule has 6 heteroatoms. The van der Waals surface area contributed by atoms with Gasteiger partial charge in [0.1, 0.15) is 11.6 Å². The highest BCUT2D eigenvalue weighted by atomic mass is 19.1. The predicted molar refractivity (Wildman–Crippen MR) is 138 cm³/mol. The third-order valence-corrected chi connectivity index (χ3v) is 6.28. The fourth-order valence-electron chi connectivity index (χ4n) is 3.97. The molecule has 1 aliphatic heterocycles. The molecule has 3 rings (SSSR count). The third-order valence-electron chi connectivity index (χ3n) is 6.28. The zero-order valence-electron chi connectivity index (χ0n) is 20.3. The number of aliphatic imine (C=N–C) groups is 1. The zero-order valence-corrected chi connectivity index (χ0v) is 20.3. The summed E-state index contributed by atoms with van der Waals surface area (Å²) in [6, 6.07) is 5.01. The van der Waals surface area contributed by atoms with E-state index in [1.54, 1.807) is 6.07 Å². The Labute approximate surface area is 202 Å². The van der Waals surface area contributed by atoms with E-state index in [1.807, 2.05) is 50.9 Å². The average molecular weight is 458 g/mol. The van der Waals surface area contributed by atoms with Gasteiger partial charge in [0, 0.05) is 31.4 Å². The first-order chi connectivity index (χ1) is 16.0. The highest BCUT2D eigenvalue weighted by Crippen LogP contribution is 2.45. The number of terminal acetylenes is 1. The number of benzene rings is 1. The fourth-order valence-corrected chi connectivity index (χ4v) is 3.97. The fraction of sp³-hybridized carbons (Fsp3) is 0.250. The van der Waals surface area contributed by atoms with Crippen LogP contribution in [0.2, 0.25) is 0 Å². The minimum Gasteiger partial charge on any atom is -0.397 e. The Morgan fingerprint density at radius 1 is 1.35 bits per heavy atom. The second-order valence-corrected chi connectivity index (χ2v) is 8.66. The van der Waals surface area contributed by atoms with Crippen LogP contribution in [0.25, 0.3) is 0 Å². The maximum atomic E-state index is 14.5. The molecule has 0 radical (unpaired) electrons. The molecule has 0 saturated heterocycles. The number of rotatable bonds is 8. The third kappa shape index (κ3) is 4.42. The monoisotopic (exact) mass is 457 g/mol. The second-order valence-electron chi connectivity index (χ2n) is 8.66. The number of likely N-dealkylation sites (N-methyl/N-ethyl adjacent to an activating group) is 1. The van der Waals surface area contributed by atoms with Gasteiger partial charge in [-0.15, -0.1) is 6.42 Å². The van der Waals surface area contributed by atoms with Crippen molar-refractivity contribution in [3.05, 3.63) is 107 Å². The molecule has 1 aliphatic carbocycles. The summed E-state index contributed by atoms with van der Waals surface area (Å²) in [6.45, 7) is 18.6. The number of nitrogens with two attached hydrogens (primary N) is 1. The van der Waals surface area contributed by atoms with Gasteiger partial charge in [0.15, 0.2) is 0 Å². The lowest BCUT2D eigenvalue weighted by atomic mass is 9.68. The molecular weight excluding hydrogens is 425 g/mol. The molecular formula is C28H32FN5. The SMILES string of the molecule is C#CC1(C)C(=C)C(N)=C1NCc1cc(CNC(=C)C2=N/C(=C/C)N(C)C(C(=C)C)=C2)ccc1F. The first kappa shape index (κ1) is 24.7. The first-order valence-corrected chi connectivity index (χ1v) is 11.0. The number of hydrogen-bond donors (Lipinski definition) is 3. The van der Waals surface area contributed by atoms with Gasteiger partial charge in [-0.25, -0.2) is 9.38 Å². The van der Waals surface area contributed by atoms with Crippen molar-refractivity contribution in [1.82, 2.24) is 15.5 Å². The van der Waals surface area contributed by atoms with E-state index in [0.717, 1.165) is 28.4 Å². The van der Waals surface area contributed by atoms with Crippen molar-refractivity contribution in [3.63, 3.8) is 0 Å². The highest BCUT2D eigenvalue weighted by Gasteiger charge is 2.42. The summed E-state index contributed by atoms with van der Waals surface area (Å²) in [6.07, 6.45) is 9.55. The van der Waals surface area contributed by atoms with E-state index in [4.69, 9.17) is 12.2 Å². The molecule has 1 aromatic rings. The van der Waals surface area contributed by atoms with Crippen LogP contribution in [0.5, 0.6) is 0 Å². The zero-order chi connectivity index (χ0) is 25.2. The minimum absolute atomic E-state index is 0.260. The maximum absolute atomic E-state index is 14.5. The van der Waals surface area contributed by atoms with Gasteiger partial charge in [0.2, 0.25) is 0 Å². The van der Waals surface area contributed by atoms with Gasteiger partial charge in [-0.2, -0.15) is 0 Å². The normalized spacial score (nSPS) is 20.9. The van der Waals surface area contributed by atoms with E-state index >= 15 is 0 Å². The van der Waals surface area contributed by atoms with Crippen LogP contribution >= 0.6 is 0 Å². The Hall–Kier alpha value is -3.98. The minimum atomic E-state index is -0.645. The van der Waals surface area contributed by atoms with E-state index in [2.05, 4.69) is 41.3 Å². The van der Waals surface area contributed by atoms with Crippen LogP contribution in [0.15, 0.2) is 94.8 Å². The van der Waals surface area contributed by atoms with Crippen LogP contribution in [0.4, 0.5) is 4.39 Å². The molecule has 1 atom stereocenters. The van der Waals surface area contributed by atoms with Crippen LogP contribution in [0.1, 0.15) is 31.9 Å². The summed E-state index contributed by atoms with van der Waals surface area (Å²) in [7, 11) is 1.95. The molecule has 0 saturated carbocycles. The Bertz CT molecular complexity index is 1240. The predicted octanol–water partition coefficient (Wildman–Crippen LogP) is 4.61. The van der Waals surface area contributed by atoms with E-state index < -0.39 is 5.41 Å². The average Bonchev–Trinajstić information content (AvgIpc) is 2.83. The quantitative estimate of drug-likeness (QED) is 0.499. The van der Waals surface area contributed by atoms with Crippen LogP contribution in [0, 0.1) is 23.6 Å². The smallest absolute Gasteiger partial charge is 0.129 e. The molecule has 2 aliphatic rings. The Morgan fingerprint density at radius 2 is 2.06 bits per heavy atom. The number of hydrogen-bond acceptors (Lipinski definition) is 5. The van der Waals surface area contributed by atoms with Crippen LogP contribution < -0.4 is 16.4 Å². The molecule has 0 amide bonds. The molecule has 0 bridgehead atoms. The largest absolute Gasteiger partial charge is 0.397 e.